The Bertz CT molecular complexity index is 899. The van der Waals surface area contributed by atoms with E-state index in [1.165, 1.54) is 17.7 Å². The summed E-state index contributed by atoms with van der Waals surface area (Å²) >= 11 is 0. The third kappa shape index (κ3) is 2.67. The molecule has 4 heterocycles. The van der Waals surface area contributed by atoms with Gasteiger partial charge in [0, 0.05) is 55.9 Å². The zero-order chi connectivity index (χ0) is 17.3. The molecule has 0 N–H and O–H groups in total. The predicted molar refractivity (Wildman–Crippen MR) is 97.6 cm³/mol. The lowest BCUT2D eigenvalue weighted by atomic mass is 10.2. The maximum absolute atomic E-state index is 4.58. The number of piperazine rings is 1. The third-order valence-electron chi connectivity index (χ3n) is 5.13. The van der Waals surface area contributed by atoms with Gasteiger partial charge in [0.15, 0.2) is 5.82 Å². The van der Waals surface area contributed by atoms with Crippen LogP contribution in [-0.2, 0) is 12.8 Å². The van der Waals surface area contributed by atoms with Crippen LogP contribution in [-0.4, -0.2) is 55.9 Å². The maximum atomic E-state index is 4.58. The second kappa shape index (κ2) is 6.36. The summed E-state index contributed by atoms with van der Waals surface area (Å²) in [5.74, 6) is 2.86. The van der Waals surface area contributed by atoms with E-state index in [-0.39, 0.29) is 0 Å². The molecule has 5 rings (SSSR count). The van der Waals surface area contributed by atoms with Gasteiger partial charge in [-0.25, -0.2) is 24.6 Å². The summed E-state index contributed by atoms with van der Waals surface area (Å²) in [4.78, 5) is 22.5. The van der Waals surface area contributed by atoms with Gasteiger partial charge in [-0.2, -0.15) is 5.10 Å². The van der Waals surface area contributed by atoms with E-state index >= 15 is 0 Å². The SMILES string of the molecule is c1cnn(-c2cc(N3CCN(c4ncnc5c4CCC5)CC3)ncn2)c1. The first-order chi connectivity index (χ1) is 12.9. The molecule has 0 saturated carbocycles. The van der Waals surface area contributed by atoms with Gasteiger partial charge in [0.05, 0.1) is 0 Å². The molecular weight excluding hydrogens is 328 g/mol. The van der Waals surface area contributed by atoms with Gasteiger partial charge < -0.3 is 9.80 Å². The molecule has 0 spiro atoms. The van der Waals surface area contributed by atoms with Crippen LogP contribution in [0.1, 0.15) is 17.7 Å². The average molecular weight is 348 g/mol. The number of aryl methyl sites for hydroxylation is 1. The molecule has 0 unspecified atom stereocenters. The summed E-state index contributed by atoms with van der Waals surface area (Å²) in [6.07, 6.45) is 10.3. The van der Waals surface area contributed by atoms with Crippen LogP contribution in [0.2, 0.25) is 0 Å². The number of fused-ring (bicyclic) bond motifs is 1. The normalized spacial score (nSPS) is 16.8. The highest BCUT2D eigenvalue weighted by atomic mass is 15.3. The van der Waals surface area contributed by atoms with Crippen molar-refractivity contribution in [3.8, 4) is 5.82 Å². The Hall–Kier alpha value is -3.03. The molecule has 1 fully saturated rings. The fourth-order valence-electron chi connectivity index (χ4n) is 3.80. The number of aromatic nitrogens is 6. The smallest absolute Gasteiger partial charge is 0.158 e. The minimum Gasteiger partial charge on any atom is -0.353 e. The maximum Gasteiger partial charge on any atom is 0.158 e. The van der Waals surface area contributed by atoms with Crippen molar-refractivity contribution in [3.05, 3.63) is 48.4 Å². The highest BCUT2D eigenvalue weighted by Crippen LogP contribution is 2.28. The van der Waals surface area contributed by atoms with Crippen molar-refractivity contribution in [2.75, 3.05) is 36.0 Å². The van der Waals surface area contributed by atoms with Crippen LogP contribution in [0.5, 0.6) is 0 Å². The van der Waals surface area contributed by atoms with Crippen molar-refractivity contribution in [1.82, 2.24) is 29.7 Å². The van der Waals surface area contributed by atoms with Gasteiger partial charge in [0.25, 0.3) is 0 Å². The summed E-state index contributed by atoms with van der Waals surface area (Å²) in [6, 6.07) is 3.88. The highest BCUT2D eigenvalue weighted by Gasteiger charge is 2.25. The Morgan fingerprint density at radius 1 is 0.808 bits per heavy atom. The van der Waals surface area contributed by atoms with Crippen molar-refractivity contribution in [2.24, 2.45) is 0 Å². The molecule has 132 valence electrons. The van der Waals surface area contributed by atoms with Crippen LogP contribution in [0.15, 0.2) is 37.2 Å². The lowest BCUT2D eigenvalue weighted by Crippen LogP contribution is -2.47. The molecule has 1 aliphatic carbocycles. The molecule has 8 heteroatoms. The monoisotopic (exact) mass is 348 g/mol. The van der Waals surface area contributed by atoms with Gasteiger partial charge in [-0.05, 0) is 25.3 Å². The molecule has 26 heavy (non-hydrogen) atoms. The predicted octanol–water partition coefficient (Wildman–Crippen LogP) is 1.27. The summed E-state index contributed by atoms with van der Waals surface area (Å²) < 4.78 is 1.76. The second-order valence-electron chi connectivity index (χ2n) is 6.64. The van der Waals surface area contributed by atoms with Crippen LogP contribution in [0, 0.1) is 0 Å². The average Bonchev–Trinajstić information content (AvgIpc) is 3.40. The molecule has 0 radical (unpaired) electrons. The number of anilines is 2. The number of hydrogen-bond donors (Lipinski definition) is 0. The second-order valence-corrected chi connectivity index (χ2v) is 6.64. The van der Waals surface area contributed by atoms with E-state index in [9.17, 15) is 0 Å². The molecule has 3 aromatic rings. The molecule has 8 nitrogen and oxygen atoms in total. The first-order valence-corrected chi connectivity index (χ1v) is 9.03. The molecular formula is C18H20N8. The first kappa shape index (κ1) is 15.2. The van der Waals surface area contributed by atoms with E-state index in [0.717, 1.165) is 56.5 Å². The standard InChI is InChI=1S/C18H20N8/c1-3-14-15(4-1)19-12-22-18(14)25-9-7-24(8-10-25)16-11-17(21-13-20-16)26-6-2-5-23-26/h2,5-6,11-13H,1,3-4,7-10H2. The number of hydrogen-bond acceptors (Lipinski definition) is 7. The lowest BCUT2D eigenvalue weighted by Gasteiger charge is -2.36. The Morgan fingerprint density at radius 2 is 1.62 bits per heavy atom. The van der Waals surface area contributed by atoms with Crippen LogP contribution in [0.3, 0.4) is 0 Å². The molecule has 1 aliphatic heterocycles. The largest absolute Gasteiger partial charge is 0.353 e. The quantitative estimate of drug-likeness (QED) is 0.705. The summed E-state index contributed by atoms with van der Waals surface area (Å²) in [7, 11) is 0. The molecule has 3 aromatic heterocycles. The first-order valence-electron chi connectivity index (χ1n) is 9.03. The zero-order valence-electron chi connectivity index (χ0n) is 14.5. The van der Waals surface area contributed by atoms with E-state index in [1.54, 1.807) is 23.5 Å². The fourth-order valence-corrected chi connectivity index (χ4v) is 3.80. The molecule has 0 bridgehead atoms. The molecule has 0 atom stereocenters. The Morgan fingerprint density at radius 3 is 2.46 bits per heavy atom. The van der Waals surface area contributed by atoms with E-state index in [1.807, 2.05) is 18.3 Å². The lowest BCUT2D eigenvalue weighted by molar-refractivity contribution is 0.637. The fraction of sp³-hybridized carbons (Fsp3) is 0.389. The highest BCUT2D eigenvalue weighted by molar-refractivity contribution is 5.52. The molecule has 1 saturated heterocycles. The van der Waals surface area contributed by atoms with Crippen LogP contribution >= 0.6 is 0 Å². The summed E-state index contributed by atoms with van der Waals surface area (Å²) in [6.45, 7) is 3.69. The van der Waals surface area contributed by atoms with Crippen LogP contribution < -0.4 is 9.80 Å². The Kier molecular flexibility index (Phi) is 3.73. The van der Waals surface area contributed by atoms with Gasteiger partial charge in [0.2, 0.25) is 0 Å². The minimum atomic E-state index is 0.788. The minimum absolute atomic E-state index is 0.788. The van der Waals surface area contributed by atoms with Gasteiger partial charge in [-0.15, -0.1) is 0 Å². The number of rotatable bonds is 3. The summed E-state index contributed by atoms with van der Waals surface area (Å²) in [5, 5.41) is 4.24. The van der Waals surface area contributed by atoms with Crippen LogP contribution in [0.25, 0.3) is 5.82 Å². The van der Waals surface area contributed by atoms with E-state index in [2.05, 4.69) is 34.8 Å². The molecule has 0 aromatic carbocycles. The van der Waals surface area contributed by atoms with Crippen LogP contribution in [0.4, 0.5) is 11.6 Å². The molecule has 2 aliphatic rings. The van der Waals surface area contributed by atoms with E-state index in [4.69, 9.17) is 0 Å². The van der Waals surface area contributed by atoms with Gasteiger partial charge in [0.1, 0.15) is 24.3 Å². The van der Waals surface area contributed by atoms with Gasteiger partial charge in [-0.3, -0.25) is 0 Å². The number of nitrogens with zero attached hydrogens (tertiary/aromatic N) is 8. The van der Waals surface area contributed by atoms with Gasteiger partial charge in [-0.1, -0.05) is 0 Å². The summed E-state index contributed by atoms with van der Waals surface area (Å²) in [5.41, 5.74) is 2.58. The van der Waals surface area contributed by atoms with Gasteiger partial charge >= 0.3 is 0 Å². The van der Waals surface area contributed by atoms with Crippen molar-refractivity contribution in [3.63, 3.8) is 0 Å². The molecule has 0 amide bonds. The Balaban J connectivity index is 1.32. The topological polar surface area (TPSA) is 75.9 Å². The zero-order valence-corrected chi connectivity index (χ0v) is 14.5. The van der Waals surface area contributed by atoms with Crippen molar-refractivity contribution < 1.29 is 0 Å². The van der Waals surface area contributed by atoms with Crippen molar-refractivity contribution in [1.29, 1.82) is 0 Å². The van der Waals surface area contributed by atoms with Crippen molar-refractivity contribution in [2.45, 2.75) is 19.3 Å². The van der Waals surface area contributed by atoms with E-state index < -0.39 is 0 Å². The van der Waals surface area contributed by atoms with Crippen molar-refractivity contribution >= 4 is 11.6 Å². The Labute approximate surface area is 151 Å². The third-order valence-corrected chi connectivity index (χ3v) is 5.13. The van der Waals surface area contributed by atoms with E-state index in [0.29, 0.717) is 0 Å².